The van der Waals surface area contributed by atoms with Gasteiger partial charge in [0.05, 0.1) is 11.1 Å². The molecule has 0 aliphatic carbocycles. The summed E-state index contributed by atoms with van der Waals surface area (Å²) in [5.74, 6) is -0.0465. The number of aryl methyl sites for hydroxylation is 2. The Bertz CT molecular complexity index is 1030. The Hall–Kier alpha value is -2.72. The largest absolute Gasteiger partial charge is 0.322 e. The zero-order valence-electron chi connectivity index (χ0n) is 16.2. The molecule has 2 aromatic carbocycles. The number of rotatable bonds is 3. The van der Waals surface area contributed by atoms with Gasteiger partial charge in [-0.25, -0.2) is 0 Å². The number of hydrogen-bond acceptors (Lipinski definition) is 3. The minimum atomic E-state index is -0.0465. The number of hydrogen-bond donors (Lipinski definition) is 1. The Morgan fingerprint density at radius 1 is 1.19 bits per heavy atom. The summed E-state index contributed by atoms with van der Waals surface area (Å²) >= 11 is 0. The molecule has 0 saturated heterocycles. The Kier molecular flexibility index (Phi) is 4.66. The summed E-state index contributed by atoms with van der Waals surface area (Å²) in [5.41, 5.74) is 6.93. The highest BCUT2D eigenvalue weighted by atomic mass is 16.1. The smallest absolute Gasteiger partial charge is 0.256 e. The van der Waals surface area contributed by atoms with Crippen LogP contribution >= 0.6 is 0 Å². The van der Waals surface area contributed by atoms with E-state index in [1.807, 2.05) is 43.3 Å². The molecule has 0 atom stereocenters. The van der Waals surface area contributed by atoms with Crippen LogP contribution in [0.4, 0.5) is 5.69 Å². The first kappa shape index (κ1) is 17.7. The molecule has 1 aliphatic heterocycles. The van der Waals surface area contributed by atoms with Gasteiger partial charge in [-0.3, -0.25) is 14.7 Å². The number of carbonyl (C=O) groups excluding carboxylic acids is 1. The van der Waals surface area contributed by atoms with Crippen LogP contribution in [0, 0.1) is 13.8 Å². The lowest BCUT2D eigenvalue weighted by Gasteiger charge is -2.29. The van der Waals surface area contributed by atoms with Crippen LogP contribution in [-0.4, -0.2) is 28.9 Å². The van der Waals surface area contributed by atoms with Gasteiger partial charge in [-0.2, -0.15) is 0 Å². The van der Waals surface area contributed by atoms with Crippen molar-refractivity contribution >= 4 is 22.5 Å². The maximum absolute atomic E-state index is 13.4. The third-order valence-corrected chi connectivity index (χ3v) is 5.43. The number of nitrogens with one attached hydrogen (secondary N) is 1. The Balaban J connectivity index is 1.82. The molecule has 1 N–H and O–H groups in total. The molecule has 3 aromatic rings. The minimum absolute atomic E-state index is 0.0465. The summed E-state index contributed by atoms with van der Waals surface area (Å²) in [6.45, 7) is 9.00. The summed E-state index contributed by atoms with van der Waals surface area (Å²) in [7, 11) is 0. The third-order valence-electron chi connectivity index (χ3n) is 5.43. The molecule has 4 heteroatoms. The molecular weight excluding hydrogens is 334 g/mol. The van der Waals surface area contributed by atoms with Gasteiger partial charge in [-0.15, -0.1) is 0 Å². The van der Waals surface area contributed by atoms with Gasteiger partial charge in [-0.1, -0.05) is 42.8 Å². The highest BCUT2D eigenvalue weighted by Crippen LogP contribution is 2.29. The van der Waals surface area contributed by atoms with E-state index in [2.05, 4.69) is 30.1 Å². The molecule has 0 radical (unpaired) electrons. The van der Waals surface area contributed by atoms with Gasteiger partial charge in [0.1, 0.15) is 0 Å². The number of aromatic nitrogens is 1. The molecule has 138 valence electrons. The van der Waals surface area contributed by atoms with E-state index in [4.69, 9.17) is 4.98 Å². The van der Waals surface area contributed by atoms with E-state index in [0.29, 0.717) is 0 Å². The van der Waals surface area contributed by atoms with Crippen LogP contribution < -0.4 is 5.32 Å². The van der Waals surface area contributed by atoms with E-state index in [1.54, 1.807) is 0 Å². The number of carbonyl (C=O) groups is 1. The van der Waals surface area contributed by atoms with Crippen LogP contribution in [-0.2, 0) is 13.0 Å². The standard InChI is InChI=1S/C23H25N3O/c1-4-26-12-11-21-18(14-26)22(17-7-5-6-8-20(17)24-21)23(27)25-19-10-9-15(2)13-16(19)3/h5-10,13H,4,11-12,14H2,1-3H3,(H,25,27). The quantitative estimate of drug-likeness (QED) is 0.750. The van der Waals surface area contributed by atoms with Crippen LogP contribution in [0.15, 0.2) is 42.5 Å². The maximum Gasteiger partial charge on any atom is 0.256 e. The van der Waals surface area contributed by atoms with E-state index in [9.17, 15) is 4.79 Å². The van der Waals surface area contributed by atoms with Crippen molar-refractivity contribution in [2.24, 2.45) is 0 Å². The van der Waals surface area contributed by atoms with Crippen LogP contribution in [0.2, 0.25) is 0 Å². The van der Waals surface area contributed by atoms with E-state index in [1.165, 1.54) is 5.56 Å². The summed E-state index contributed by atoms with van der Waals surface area (Å²) < 4.78 is 0. The van der Waals surface area contributed by atoms with Crippen molar-refractivity contribution < 1.29 is 4.79 Å². The molecule has 0 bridgehead atoms. The molecule has 0 spiro atoms. The fraction of sp³-hybridized carbons (Fsp3) is 0.304. The first-order chi connectivity index (χ1) is 13.1. The lowest BCUT2D eigenvalue weighted by molar-refractivity contribution is 0.102. The molecule has 1 aliphatic rings. The van der Waals surface area contributed by atoms with Crippen molar-refractivity contribution in [3.05, 3.63) is 70.4 Å². The highest BCUT2D eigenvalue weighted by molar-refractivity contribution is 6.13. The van der Waals surface area contributed by atoms with Crippen molar-refractivity contribution in [1.29, 1.82) is 0 Å². The summed E-state index contributed by atoms with van der Waals surface area (Å²) in [6, 6.07) is 14.1. The summed E-state index contributed by atoms with van der Waals surface area (Å²) in [6.07, 6.45) is 0.887. The van der Waals surface area contributed by atoms with Gasteiger partial charge in [0.25, 0.3) is 5.91 Å². The molecule has 0 fully saturated rings. The average Bonchev–Trinajstić information content (AvgIpc) is 2.67. The number of benzene rings is 2. The molecule has 1 aromatic heterocycles. The summed E-state index contributed by atoms with van der Waals surface area (Å²) in [4.78, 5) is 20.6. The zero-order valence-corrected chi connectivity index (χ0v) is 16.2. The van der Waals surface area contributed by atoms with Crippen molar-refractivity contribution in [3.63, 3.8) is 0 Å². The zero-order chi connectivity index (χ0) is 19.0. The second-order valence-corrected chi connectivity index (χ2v) is 7.32. The molecule has 2 heterocycles. The summed E-state index contributed by atoms with van der Waals surface area (Å²) in [5, 5.41) is 4.07. The normalized spacial score (nSPS) is 14.2. The predicted molar refractivity (Wildman–Crippen MR) is 110 cm³/mol. The molecular formula is C23H25N3O. The van der Waals surface area contributed by atoms with Crippen LogP contribution in [0.5, 0.6) is 0 Å². The maximum atomic E-state index is 13.4. The lowest BCUT2D eigenvalue weighted by Crippen LogP contribution is -2.33. The van der Waals surface area contributed by atoms with Gasteiger partial charge in [0.15, 0.2) is 0 Å². The Morgan fingerprint density at radius 3 is 2.78 bits per heavy atom. The Labute approximate surface area is 160 Å². The number of anilines is 1. The van der Waals surface area contributed by atoms with E-state index in [-0.39, 0.29) is 5.91 Å². The fourth-order valence-corrected chi connectivity index (χ4v) is 3.91. The Morgan fingerprint density at radius 2 is 2.00 bits per heavy atom. The molecule has 4 nitrogen and oxygen atoms in total. The van der Waals surface area contributed by atoms with Crippen LogP contribution in [0.1, 0.15) is 39.7 Å². The SMILES string of the molecule is CCN1CCc2nc3ccccc3c(C(=O)Nc3ccc(C)cc3C)c2C1. The fourth-order valence-electron chi connectivity index (χ4n) is 3.91. The molecule has 4 rings (SSSR count). The van der Waals surface area contributed by atoms with Crippen molar-refractivity contribution in [3.8, 4) is 0 Å². The van der Waals surface area contributed by atoms with Crippen molar-refractivity contribution in [2.45, 2.75) is 33.7 Å². The van der Waals surface area contributed by atoms with Gasteiger partial charge >= 0.3 is 0 Å². The highest BCUT2D eigenvalue weighted by Gasteiger charge is 2.25. The predicted octanol–water partition coefficient (Wildman–Crippen LogP) is 4.48. The van der Waals surface area contributed by atoms with E-state index in [0.717, 1.165) is 65.0 Å². The van der Waals surface area contributed by atoms with Crippen molar-refractivity contribution in [2.75, 3.05) is 18.4 Å². The average molecular weight is 359 g/mol. The molecule has 0 saturated carbocycles. The van der Waals surface area contributed by atoms with Crippen LogP contribution in [0.25, 0.3) is 10.9 Å². The number of nitrogens with zero attached hydrogens (tertiary/aromatic N) is 2. The monoisotopic (exact) mass is 359 g/mol. The van der Waals surface area contributed by atoms with Gasteiger partial charge < -0.3 is 5.32 Å². The molecule has 1 amide bonds. The van der Waals surface area contributed by atoms with Gasteiger partial charge in [0, 0.05) is 41.8 Å². The van der Waals surface area contributed by atoms with E-state index >= 15 is 0 Å². The number of pyridine rings is 1. The second-order valence-electron chi connectivity index (χ2n) is 7.32. The van der Waals surface area contributed by atoms with Gasteiger partial charge in [-0.05, 0) is 38.1 Å². The molecule has 0 unspecified atom stereocenters. The van der Waals surface area contributed by atoms with Gasteiger partial charge in [0.2, 0.25) is 0 Å². The first-order valence-electron chi connectivity index (χ1n) is 9.58. The minimum Gasteiger partial charge on any atom is -0.322 e. The van der Waals surface area contributed by atoms with E-state index < -0.39 is 0 Å². The number of likely N-dealkylation sites (N-methyl/N-ethyl adjacent to an activating group) is 1. The number of para-hydroxylation sites is 1. The van der Waals surface area contributed by atoms with Crippen LogP contribution in [0.3, 0.4) is 0 Å². The number of fused-ring (bicyclic) bond motifs is 2. The molecule has 27 heavy (non-hydrogen) atoms. The lowest BCUT2D eigenvalue weighted by atomic mass is 9.95. The first-order valence-corrected chi connectivity index (χ1v) is 9.58. The topological polar surface area (TPSA) is 45.2 Å². The van der Waals surface area contributed by atoms with Crippen molar-refractivity contribution in [1.82, 2.24) is 9.88 Å². The number of amides is 1. The second kappa shape index (κ2) is 7.12. The third kappa shape index (κ3) is 3.33.